The van der Waals surface area contributed by atoms with Gasteiger partial charge in [0.05, 0.1) is 19.1 Å². The highest BCUT2D eigenvalue weighted by molar-refractivity contribution is 7.92. The van der Waals surface area contributed by atoms with Gasteiger partial charge in [0.1, 0.15) is 18.3 Å². The molecule has 0 aliphatic carbocycles. The van der Waals surface area contributed by atoms with E-state index in [1.807, 2.05) is 45.9 Å². The number of sulfonamides is 1. The first kappa shape index (κ1) is 27.2. The average Bonchev–Trinajstić information content (AvgIpc) is 2.79. The standard InChI is InChI=1S/C25H35N3O5S/c1-7-22(25(30)26-8-2)27(16-20-12-14-21(33-5)15-13-20)24(29)17-28(34(6,31)32)23-11-9-10-18(3)19(23)4/h9-15,22H,7-8,16-17H2,1-6H3,(H,26,30)/t22-/m0/s1. The van der Waals surface area contributed by atoms with E-state index in [1.54, 1.807) is 31.4 Å². The Bertz CT molecular complexity index is 1100. The quantitative estimate of drug-likeness (QED) is 0.523. The zero-order chi connectivity index (χ0) is 25.5. The van der Waals surface area contributed by atoms with Gasteiger partial charge in [0.15, 0.2) is 0 Å². The second kappa shape index (κ2) is 11.9. The van der Waals surface area contributed by atoms with Crippen LogP contribution in [-0.2, 0) is 26.2 Å². The van der Waals surface area contributed by atoms with E-state index in [2.05, 4.69) is 5.32 Å². The number of likely N-dealkylation sites (N-methyl/N-ethyl adjacent to an activating group) is 1. The molecule has 34 heavy (non-hydrogen) atoms. The van der Waals surface area contributed by atoms with Crippen molar-refractivity contribution in [2.75, 3.05) is 30.8 Å². The Morgan fingerprint density at radius 3 is 2.24 bits per heavy atom. The van der Waals surface area contributed by atoms with Gasteiger partial charge in [0.2, 0.25) is 21.8 Å². The minimum Gasteiger partial charge on any atom is -0.497 e. The maximum absolute atomic E-state index is 13.6. The van der Waals surface area contributed by atoms with E-state index in [4.69, 9.17) is 4.74 Å². The van der Waals surface area contributed by atoms with Crippen LogP contribution in [-0.4, -0.2) is 57.6 Å². The zero-order valence-corrected chi connectivity index (χ0v) is 21.6. The first-order chi connectivity index (χ1) is 16.0. The molecule has 0 aromatic heterocycles. The van der Waals surface area contributed by atoms with Crippen LogP contribution < -0.4 is 14.4 Å². The van der Waals surface area contributed by atoms with Crippen LogP contribution in [0.3, 0.4) is 0 Å². The molecule has 186 valence electrons. The summed E-state index contributed by atoms with van der Waals surface area (Å²) in [6, 6.07) is 11.8. The molecule has 0 spiro atoms. The minimum absolute atomic E-state index is 0.156. The van der Waals surface area contributed by atoms with Gasteiger partial charge < -0.3 is 15.0 Å². The molecule has 2 rings (SSSR count). The SMILES string of the molecule is CCNC(=O)[C@H](CC)N(Cc1ccc(OC)cc1)C(=O)CN(c1cccc(C)c1C)S(C)(=O)=O. The summed E-state index contributed by atoms with van der Waals surface area (Å²) in [4.78, 5) is 27.9. The molecule has 0 saturated carbocycles. The number of amides is 2. The topological polar surface area (TPSA) is 96.0 Å². The molecule has 1 atom stereocenters. The molecule has 0 aliphatic heterocycles. The minimum atomic E-state index is -3.76. The van der Waals surface area contributed by atoms with Crippen LogP contribution >= 0.6 is 0 Å². The normalized spacial score (nSPS) is 12.1. The fraction of sp³-hybridized carbons (Fsp3) is 0.440. The van der Waals surface area contributed by atoms with Gasteiger partial charge in [0, 0.05) is 13.1 Å². The monoisotopic (exact) mass is 489 g/mol. The zero-order valence-electron chi connectivity index (χ0n) is 20.8. The van der Waals surface area contributed by atoms with Gasteiger partial charge in [-0.2, -0.15) is 0 Å². The molecule has 9 heteroatoms. The molecular weight excluding hydrogens is 454 g/mol. The smallest absolute Gasteiger partial charge is 0.244 e. The molecule has 0 bridgehead atoms. The van der Waals surface area contributed by atoms with Crippen LogP contribution in [0.2, 0.25) is 0 Å². The molecule has 2 aromatic carbocycles. The molecule has 0 unspecified atom stereocenters. The molecule has 8 nitrogen and oxygen atoms in total. The van der Waals surface area contributed by atoms with Crippen molar-refractivity contribution in [1.82, 2.24) is 10.2 Å². The number of carbonyl (C=O) groups is 2. The summed E-state index contributed by atoms with van der Waals surface area (Å²) in [5.74, 6) is -0.0553. The van der Waals surface area contributed by atoms with E-state index in [0.29, 0.717) is 24.4 Å². The van der Waals surface area contributed by atoms with E-state index in [9.17, 15) is 18.0 Å². The molecule has 0 heterocycles. The Balaban J connectivity index is 2.46. The van der Waals surface area contributed by atoms with Crippen LogP contribution in [0.4, 0.5) is 5.69 Å². The fourth-order valence-corrected chi connectivity index (χ4v) is 4.64. The lowest BCUT2D eigenvalue weighted by Gasteiger charge is -2.33. The summed E-state index contributed by atoms with van der Waals surface area (Å²) in [7, 11) is -2.19. The summed E-state index contributed by atoms with van der Waals surface area (Å²) in [6.07, 6.45) is 1.47. The molecular formula is C25H35N3O5S. The van der Waals surface area contributed by atoms with Crippen molar-refractivity contribution >= 4 is 27.5 Å². The molecule has 0 saturated heterocycles. The Morgan fingerprint density at radius 2 is 1.71 bits per heavy atom. The lowest BCUT2D eigenvalue weighted by Crippen LogP contribution is -2.52. The third-order valence-electron chi connectivity index (χ3n) is 5.77. The van der Waals surface area contributed by atoms with E-state index in [1.165, 1.54) is 4.90 Å². The first-order valence-electron chi connectivity index (χ1n) is 11.3. The predicted octanol–water partition coefficient (Wildman–Crippen LogP) is 3.02. The van der Waals surface area contributed by atoms with Gasteiger partial charge in [-0.05, 0) is 62.1 Å². The maximum Gasteiger partial charge on any atom is 0.244 e. The van der Waals surface area contributed by atoms with Gasteiger partial charge in [-0.1, -0.05) is 31.2 Å². The van der Waals surface area contributed by atoms with E-state index in [-0.39, 0.29) is 12.5 Å². The van der Waals surface area contributed by atoms with Crippen molar-refractivity contribution in [1.29, 1.82) is 0 Å². The Morgan fingerprint density at radius 1 is 1.06 bits per heavy atom. The molecule has 2 aromatic rings. The van der Waals surface area contributed by atoms with Crippen molar-refractivity contribution in [3.63, 3.8) is 0 Å². The molecule has 1 N–H and O–H groups in total. The van der Waals surface area contributed by atoms with E-state index >= 15 is 0 Å². The number of hydrogen-bond donors (Lipinski definition) is 1. The molecule has 2 amide bonds. The fourth-order valence-electron chi connectivity index (χ4n) is 3.74. The largest absolute Gasteiger partial charge is 0.497 e. The van der Waals surface area contributed by atoms with Crippen LogP contribution in [0.5, 0.6) is 5.75 Å². The van der Waals surface area contributed by atoms with Crippen LogP contribution in [0.15, 0.2) is 42.5 Å². The Hall–Kier alpha value is -3.07. The molecule has 0 radical (unpaired) electrons. The number of nitrogens with one attached hydrogen (secondary N) is 1. The number of methoxy groups -OCH3 is 1. The number of ether oxygens (including phenoxy) is 1. The number of carbonyl (C=O) groups excluding carboxylic acids is 2. The summed E-state index contributed by atoms with van der Waals surface area (Å²) >= 11 is 0. The van der Waals surface area contributed by atoms with Crippen LogP contribution in [0, 0.1) is 13.8 Å². The third kappa shape index (κ3) is 6.72. The highest BCUT2D eigenvalue weighted by Crippen LogP contribution is 2.26. The van der Waals surface area contributed by atoms with Gasteiger partial charge >= 0.3 is 0 Å². The number of benzene rings is 2. The summed E-state index contributed by atoms with van der Waals surface area (Å²) in [6.45, 7) is 7.53. The maximum atomic E-state index is 13.6. The van der Waals surface area contributed by atoms with E-state index in [0.717, 1.165) is 27.3 Å². The van der Waals surface area contributed by atoms with Gasteiger partial charge in [-0.3, -0.25) is 13.9 Å². The average molecular weight is 490 g/mol. The van der Waals surface area contributed by atoms with Gasteiger partial charge in [-0.25, -0.2) is 8.42 Å². The Kier molecular flexibility index (Phi) is 9.49. The second-order valence-corrected chi connectivity index (χ2v) is 10.1. The van der Waals surface area contributed by atoms with E-state index < -0.39 is 28.5 Å². The number of nitrogens with zero attached hydrogens (tertiary/aromatic N) is 2. The lowest BCUT2D eigenvalue weighted by molar-refractivity contribution is -0.140. The van der Waals surface area contributed by atoms with Crippen LogP contribution in [0.1, 0.15) is 37.0 Å². The van der Waals surface area contributed by atoms with Crippen molar-refractivity contribution in [2.45, 2.75) is 46.7 Å². The summed E-state index contributed by atoms with van der Waals surface area (Å²) in [5.41, 5.74) is 2.95. The number of rotatable bonds is 11. The number of aryl methyl sites for hydroxylation is 1. The van der Waals surface area contributed by atoms with Crippen LogP contribution in [0.25, 0.3) is 0 Å². The van der Waals surface area contributed by atoms with Gasteiger partial charge in [0.25, 0.3) is 0 Å². The van der Waals surface area contributed by atoms with Gasteiger partial charge in [-0.15, -0.1) is 0 Å². The lowest BCUT2D eigenvalue weighted by atomic mass is 10.1. The first-order valence-corrected chi connectivity index (χ1v) is 13.1. The van der Waals surface area contributed by atoms with Crippen molar-refractivity contribution in [3.8, 4) is 5.75 Å². The van der Waals surface area contributed by atoms with Crippen molar-refractivity contribution in [2.24, 2.45) is 0 Å². The van der Waals surface area contributed by atoms with Crippen molar-refractivity contribution in [3.05, 3.63) is 59.2 Å². The second-order valence-electron chi connectivity index (χ2n) is 8.18. The molecule has 0 fully saturated rings. The van der Waals surface area contributed by atoms with Crippen molar-refractivity contribution < 1.29 is 22.7 Å². The Labute approximate surface area is 202 Å². The number of anilines is 1. The number of hydrogen-bond acceptors (Lipinski definition) is 5. The highest BCUT2D eigenvalue weighted by atomic mass is 32.2. The third-order valence-corrected chi connectivity index (χ3v) is 6.90. The summed E-state index contributed by atoms with van der Waals surface area (Å²) in [5, 5.41) is 2.78. The highest BCUT2D eigenvalue weighted by Gasteiger charge is 2.32. The molecule has 0 aliphatic rings. The summed E-state index contributed by atoms with van der Waals surface area (Å²) < 4.78 is 31.8. The predicted molar refractivity (Wildman–Crippen MR) is 134 cm³/mol.